The molecule has 1 aromatic carbocycles. The van der Waals surface area contributed by atoms with E-state index in [0.29, 0.717) is 31.9 Å². The summed E-state index contributed by atoms with van der Waals surface area (Å²) >= 11 is 0. The molecule has 2 fully saturated rings. The van der Waals surface area contributed by atoms with Gasteiger partial charge in [0.2, 0.25) is 5.91 Å². The Morgan fingerprint density at radius 2 is 1.79 bits per heavy atom. The summed E-state index contributed by atoms with van der Waals surface area (Å²) in [6, 6.07) is 3.68. The van der Waals surface area contributed by atoms with Crippen LogP contribution in [-0.4, -0.2) is 76.1 Å². The fourth-order valence-electron chi connectivity index (χ4n) is 3.62. The van der Waals surface area contributed by atoms with E-state index in [1.807, 2.05) is 4.90 Å². The highest BCUT2D eigenvalue weighted by molar-refractivity contribution is 7.81. The predicted octanol–water partition coefficient (Wildman–Crippen LogP) is 1.19. The minimum Gasteiger partial charge on any atom is -0.459 e. The van der Waals surface area contributed by atoms with Crippen molar-refractivity contribution in [2.75, 3.05) is 49.1 Å². The summed E-state index contributed by atoms with van der Waals surface area (Å²) in [6.07, 6.45) is 0.0741. The van der Waals surface area contributed by atoms with Crippen LogP contribution in [0.5, 0.6) is 5.75 Å². The maximum Gasteiger partial charge on any atom is 0.488 e. The number of hydrogen-bond donors (Lipinski definition) is 1. The number of halogens is 1. The second-order valence-electron chi connectivity index (χ2n) is 8.73. The molecule has 182 valence electrons. The zero-order valence-corrected chi connectivity index (χ0v) is 19.5. The lowest BCUT2D eigenvalue weighted by Gasteiger charge is -2.36. The summed E-state index contributed by atoms with van der Waals surface area (Å²) in [7, 11) is -5.32. The third-order valence-electron chi connectivity index (χ3n) is 4.98. The monoisotopic (exact) mass is 486 g/mol. The number of rotatable bonds is 6. The first-order valence-corrected chi connectivity index (χ1v) is 11.7. The summed E-state index contributed by atoms with van der Waals surface area (Å²) in [4.78, 5) is 40.5. The number of anilines is 2. The average Bonchev–Trinajstić information content (AvgIpc) is 2.66. The van der Waals surface area contributed by atoms with Gasteiger partial charge >= 0.3 is 22.5 Å². The molecule has 3 rings (SSSR count). The van der Waals surface area contributed by atoms with Gasteiger partial charge in [-0.15, -0.1) is 0 Å². The lowest BCUT2D eigenvalue weighted by molar-refractivity contribution is -0.156. The quantitative estimate of drug-likeness (QED) is 0.466. The number of urea groups is 1. The molecule has 2 saturated heterocycles. The van der Waals surface area contributed by atoms with Crippen LogP contribution in [0.15, 0.2) is 18.2 Å². The van der Waals surface area contributed by atoms with Crippen molar-refractivity contribution < 1.29 is 35.6 Å². The molecular formula is C20H27FN4O7S. The maximum atomic E-state index is 13.4. The Bertz CT molecular complexity index is 1030. The Morgan fingerprint density at radius 3 is 2.36 bits per heavy atom. The van der Waals surface area contributed by atoms with Gasteiger partial charge in [-0.3, -0.25) is 24.7 Å². The molecule has 0 saturated carbocycles. The predicted molar refractivity (Wildman–Crippen MR) is 117 cm³/mol. The smallest absolute Gasteiger partial charge is 0.459 e. The number of carbonyl (C=O) groups is 3. The Morgan fingerprint density at radius 1 is 1.12 bits per heavy atom. The fourth-order valence-corrected chi connectivity index (χ4v) is 3.97. The second kappa shape index (κ2) is 9.51. The normalized spacial score (nSPS) is 18.2. The minimum absolute atomic E-state index is 0.0741. The van der Waals surface area contributed by atoms with Gasteiger partial charge in [0.1, 0.15) is 5.60 Å². The van der Waals surface area contributed by atoms with Crippen molar-refractivity contribution in [3.05, 3.63) is 18.2 Å². The van der Waals surface area contributed by atoms with Crippen molar-refractivity contribution >= 4 is 39.8 Å². The first-order valence-electron chi connectivity index (χ1n) is 10.4. The van der Waals surface area contributed by atoms with Crippen molar-refractivity contribution in [1.29, 1.82) is 0 Å². The van der Waals surface area contributed by atoms with Gasteiger partial charge in [0.25, 0.3) is 0 Å². The van der Waals surface area contributed by atoms with Gasteiger partial charge in [-0.2, -0.15) is 8.42 Å². The van der Waals surface area contributed by atoms with Crippen LogP contribution in [0.4, 0.5) is 20.1 Å². The second-order valence-corrected chi connectivity index (χ2v) is 9.69. The SMILES string of the molecule is CC(C)(C)OC(=O)CN1CCN(c2ccc(N3CCC(=O)NC3=O)cc2OS(=O)(=O)F)CC1. The van der Waals surface area contributed by atoms with E-state index in [2.05, 4.69) is 9.50 Å². The van der Waals surface area contributed by atoms with Crippen LogP contribution in [-0.2, 0) is 24.8 Å². The molecular weight excluding hydrogens is 459 g/mol. The molecule has 0 atom stereocenters. The number of imide groups is 1. The summed E-state index contributed by atoms with van der Waals surface area (Å²) in [5.74, 6) is -1.04. The molecule has 11 nitrogen and oxygen atoms in total. The highest BCUT2D eigenvalue weighted by Gasteiger charge is 2.28. The number of hydrogen-bond acceptors (Lipinski definition) is 9. The number of piperazine rings is 1. The van der Waals surface area contributed by atoms with Gasteiger partial charge in [-0.05, 0) is 32.9 Å². The van der Waals surface area contributed by atoms with E-state index < -0.39 is 28.0 Å². The molecule has 13 heteroatoms. The Hall–Kier alpha value is -2.93. The van der Waals surface area contributed by atoms with Crippen LogP contribution < -0.4 is 19.3 Å². The van der Waals surface area contributed by atoms with Gasteiger partial charge in [-0.25, -0.2) is 4.79 Å². The van der Waals surface area contributed by atoms with Crippen molar-refractivity contribution in [2.24, 2.45) is 0 Å². The Labute approximate surface area is 191 Å². The largest absolute Gasteiger partial charge is 0.488 e. The molecule has 0 aliphatic carbocycles. The van der Waals surface area contributed by atoms with Crippen LogP contribution in [0.25, 0.3) is 0 Å². The lowest BCUT2D eigenvalue weighted by atomic mass is 10.2. The number of nitrogens with zero attached hydrogens (tertiary/aromatic N) is 3. The first kappa shape index (κ1) is 24.7. The average molecular weight is 487 g/mol. The van der Waals surface area contributed by atoms with Crippen LogP contribution in [0.1, 0.15) is 27.2 Å². The van der Waals surface area contributed by atoms with Gasteiger partial charge in [0, 0.05) is 50.9 Å². The van der Waals surface area contributed by atoms with Crippen molar-refractivity contribution in [1.82, 2.24) is 10.2 Å². The molecule has 0 unspecified atom stereocenters. The van der Waals surface area contributed by atoms with E-state index in [1.165, 1.54) is 17.0 Å². The standard InChI is InChI=1S/C20H27FN4O7S/c1-20(2,3)31-18(27)13-23-8-10-24(11-9-23)15-5-4-14(12-16(15)32-33(21,29)30)25-7-6-17(26)22-19(25)28/h4-5,12H,6-11,13H2,1-3H3,(H,22,26,28). The Balaban J connectivity index is 1.74. The summed E-state index contributed by atoms with van der Waals surface area (Å²) in [6.45, 7) is 7.39. The van der Waals surface area contributed by atoms with Crippen molar-refractivity contribution in [2.45, 2.75) is 32.8 Å². The van der Waals surface area contributed by atoms with Gasteiger partial charge in [0.05, 0.1) is 12.2 Å². The van der Waals surface area contributed by atoms with Crippen molar-refractivity contribution in [3.8, 4) is 5.75 Å². The molecule has 33 heavy (non-hydrogen) atoms. The molecule has 0 aromatic heterocycles. The molecule has 1 aromatic rings. The topological polar surface area (TPSA) is 126 Å². The number of esters is 1. The molecule has 0 bridgehead atoms. The third-order valence-corrected chi connectivity index (χ3v) is 5.36. The highest BCUT2D eigenvalue weighted by Crippen LogP contribution is 2.35. The molecule has 0 radical (unpaired) electrons. The zero-order chi connectivity index (χ0) is 24.4. The van der Waals surface area contributed by atoms with Crippen molar-refractivity contribution in [3.63, 3.8) is 0 Å². The molecule has 3 amide bonds. The van der Waals surface area contributed by atoms with Crippen LogP contribution in [0, 0.1) is 0 Å². The van der Waals surface area contributed by atoms with Crippen LogP contribution in [0.3, 0.4) is 0 Å². The minimum atomic E-state index is -5.32. The van der Waals surface area contributed by atoms with E-state index in [4.69, 9.17) is 4.74 Å². The molecule has 0 spiro atoms. The van der Waals surface area contributed by atoms with E-state index in [-0.39, 0.29) is 36.9 Å². The molecule has 2 aliphatic rings. The van der Waals surface area contributed by atoms with Gasteiger partial charge < -0.3 is 13.8 Å². The summed E-state index contributed by atoms with van der Waals surface area (Å²) in [5.41, 5.74) is -0.000110. The number of carbonyl (C=O) groups excluding carboxylic acids is 3. The number of amides is 3. The fraction of sp³-hybridized carbons (Fsp3) is 0.550. The zero-order valence-electron chi connectivity index (χ0n) is 18.7. The maximum absolute atomic E-state index is 13.4. The number of benzene rings is 1. The Kier molecular flexibility index (Phi) is 7.12. The lowest BCUT2D eigenvalue weighted by Crippen LogP contribution is -2.49. The number of ether oxygens (including phenoxy) is 1. The van der Waals surface area contributed by atoms with E-state index in [1.54, 1.807) is 31.7 Å². The van der Waals surface area contributed by atoms with Crippen LogP contribution >= 0.6 is 0 Å². The highest BCUT2D eigenvalue weighted by atomic mass is 32.3. The molecule has 2 aliphatic heterocycles. The van der Waals surface area contributed by atoms with E-state index in [0.717, 1.165) is 0 Å². The van der Waals surface area contributed by atoms with E-state index >= 15 is 0 Å². The summed E-state index contributed by atoms with van der Waals surface area (Å²) in [5, 5.41) is 2.17. The number of nitrogens with one attached hydrogen (secondary N) is 1. The van der Waals surface area contributed by atoms with Gasteiger partial charge in [0.15, 0.2) is 5.75 Å². The third kappa shape index (κ3) is 7.02. The first-order chi connectivity index (χ1) is 15.3. The van der Waals surface area contributed by atoms with E-state index in [9.17, 15) is 26.7 Å². The van der Waals surface area contributed by atoms with Gasteiger partial charge in [-0.1, -0.05) is 3.89 Å². The van der Waals surface area contributed by atoms with Crippen LogP contribution in [0.2, 0.25) is 0 Å². The summed E-state index contributed by atoms with van der Waals surface area (Å²) < 4.78 is 45.7. The molecule has 1 N–H and O–H groups in total. The molecule has 2 heterocycles.